The van der Waals surface area contributed by atoms with Gasteiger partial charge in [-0.1, -0.05) is 13.8 Å². The van der Waals surface area contributed by atoms with Gasteiger partial charge in [0.2, 0.25) is 0 Å². The van der Waals surface area contributed by atoms with Gasteiger partial charge in [-0.25, -0.2) is 4.79 Å². The summed E-state index contributed by atoms with van der Waals surface area (Å²) < 4.78 is 18.5. The average Bonchev–Trinajstić information content (AvgIpc) is 3.59. The van der Waals surface area contributed by atoms with Crippen LogP contribution in [0.15, 0.2) is 24.3 Å². The van der Waals surface area contributed by atoms with Gasteiger partial charge in [0.15, 0.2) is 0 Å². The molecule has 2 rings (SSSR count). The molecule has 33 heteroatoms. The number of ether oxygens (including phenoxy) is 4. The molecule has 27 nitrogen and oxygen atoms in total. The Morgan fingerprint density at radius 2 is 0.797 bits per heavy atom. The second-order valence-electron chi connectivity index (χ2n) is 10.2. The molecule has 2 aliphatic rings. The van der Waals surface area contributed by atoms with E-state index in [0.717, 1.165) is 54.9 Å². The number of amides is 4. The van der Waals surface area contributed by atoms with E-state index in [0.29, 0.717) is 0 Å². The van der Waals surface area contributed by atoms with Crippen LogP contribution in [0.2, 0.25) is 0 Å². The van der Waals surface area contributed by atoms with E-state index in [4.69, 9.17) is 77.2 Å². The quantitative estimate of drug-likeness (QED) is 0.0772. The van der Waals surface area contributed by atoms with Crippen molar-refractivity contribution in [3.63, 3.8) is 0 Å². The van der Waals surface area contributed by atoms with Crippen molar-refractivity contribution in [1.29, 1.82) is 0 Å². The first-order chi connectivity index (χ1) is 27.3. The number of nitrogens with two attached hydrogens (primary N) is 4. The Kier molecular flexibility index (Phi) is 71.7. The van der Waals surface area contributed by atoms with Crippen molar-refractivity contribution < 1.29 is 135 Å². The van der Waals surface area contributed by atoms with Crippen LogP contribution in [0.3, 0.4) is 0 Å². The fourth-order valence-electron chi connectivity index (χ4n) is 2.77. The third-order valence-electron chi connectivity index (χ3n) is 4.76. The van der Waals surface area contributed by atoms with E-state index in [9.17, 15) is 43.2 Å². The van der Waals surface area contributed by atoms with Crippen LogP contribution in [0.4, 0.5) is 4.79 Å². The van der Waals surface area contributed by atoms with E-state index in [1.54, 1.807) is 0 Å². The van der Waals surface area contributed by atoms with E-state index >= 15 is 0 Å². The van der Waals surface area contributed by atoms with Crippen molar-refractivity contribution in [2.75, 3.05) is 32.9 Å². The third kappa shape index (κ3) is 66.9. The SMILES string of the molecule is CC(=O)O.CC(=O)O.CC(=O)O.CC(C)COC(=O)OC(=O)CCC(=O)OCCN1C(=O)C=CC1=O.O.O=C(O)CCC(=O)OCCN1C(=O)C=CC1=O.[Cl][Pt+2][Cl].[Cl][Pt+2][Cl].[NH2-].[NH2-].[NH2-].[NH2-]. The molecule has 0 atom stereocenters. The number of halogens is 4. The first-order valence-electron chi connectivity index (χ1n) is 15.5. The first kappa shape index (κ1) is 83.4. The molecular formula is C31H52Cl4N6O21Pt2. The van der Waals surface area contributed by atoms with Gasteiger partial charge in [-0.2, -0.15) is 0 Å². The number of aliphatic carboxylic acids is 4. The van der Waals surface area contributed by atoms with Crippen LogP contribution in [0.5, 0.6) is 0 Å². The zero-order chi connectivity index (χ0) is 47.1. The summed E-state index contributed by atoms with van der Waals surface area (Å²) in [5, 5.41) is 30.6. The van der Waals surface area contributed by atoms with Crippen LogP contribution in [0.1, 0.15) is 60.3 Å². The van der Waals surface area contributed by atoms with Gasteiger partial charge in [0.25, 0.3) is 41.5 Å². The van der Waals surface area contributed by atoms with Gasteiger partial charge >= 0.3 is 101 Å². The number of imide groups is 2. The van der Waals surface area contributed by atoms with Gasteiger partial charge in [0, 0.05) is 45.1 Å². The number of nitrogens with zero attached hydrogens (tertiary/aromatic N) is 2. The Morgan fingerprint density at radius 1 is 0.547 bits per heavy atom. The van der Waals surface area contributed by atoms with Gasteiger partial charge < -0.3 is 69.5 Å². The van der Waals surface area contributed by atoms with Gasteiger partial charge in [0.05, 0.1) is 45.4 Å². The summed E-state index contributed by atoms with van der Waals surface area (Å²) in [4.78, 5) is 129. The Balaban J connectivity index is -0.0000000795. The molecule has 64 heavy (non-hydrogen) atoms. The summed E-state index contributed by atoms with van der Waals surface area (Å²) in [7, 11) is 19.5. The molecule has 2 heterocycles. The molecule has 0 radical (unpaired) electrons. The molecule has 0 saturated heterocycles. The maximum atomic E-state index is 11.4. The van der Waals surface area contributed by atoms with Crippen molar-refractivity contribution in [3.05, 3.63) is 48.9 Å². The zero-order valence-corrected chi connectivity index (χ0v) is 42.0. The van der Waals surface area contributed by atoms with E-state index in [-0.39, 0.29) is 94.6 Å². The standard InChI is InChI=1S/C15H19NO8.C10H11NO6.3C2H4O2.4ClH.4H2N.H2O.2Pt/c1-10(2)9-23-15(21)24-14(20)6-5-13(19)22-8-7-16-11(17)3-4-12(16)18;12-7-1-2-8(13)11(7)5-6-17-10(16)4-3-9(14)15;3*1-2(3)4;;;;;;;;;;;/h3-4,10H,5-9H2,1-2H3;1-2H,3-6H2,(H,14,15);3*1H3,(H,3,4);4*1H;5*1H2;;/q;;;;;;;;;4*-1;;2*+4/p-4. The molecule has 380 valence electrons. The zero-order valence-electron chi connectivity index (χ0n) is 34.4. The molecule has 0 unspecified atom stereocenters. The number of carboxylic acid groups (broad SMARTS) is 4. The second kappa shape index (κ2) is 55.0. The summed E-state index contributed by atoms with van der Waals surface area (Å²) in [6.45, 7) is 6.62. The summed E-state index contributed by atoms with van der Waals surface area (Å²) in [6.07, 6.45) is 2.23. The molecule has 2 aliphatic heterocycles. The average molecular weight is 1380 g/mol. The van der Waals surface area contributed by atoms with Gasteiger partial charge in [-0.05, 0) is 5.92 Å². The minimum Gasteiger partial charge on any atom is -0.693 e. The van der Waals surface area contributed by atoms with Gasteiger partial charge in [-0.3, -0.25) is 62.5 Å². The van der Waals surface area contributed by atoms with Crippen molar-refractivity contribution >= 4 is 109 Å². The van der Waals surface area contributed by atoms with Crippen LogP contribution in [0.25, 0.3) is 24.6 Å². The van der Waals surface area contributed by atoms with Crippen LogP contribution < -0.4 is 0 Å². The first-order valence-corrected chi connectivity index (χ1v) is 26.8. The Labute approximate surface area is 400 Å². The van der Waals surface area contributed by atoms with Crippen molar-refractivity contribution in [1.82, 2.24) is 9.80 Å². The predicted octanol–water partition coefficient (Wildman–Crippen LogP) is 4.96. The minimum absolute atomic E-state index is 0. The minimum atomic E-state index is -1.11. The van der Waals surface area contributed by atoms with Crippen molar-refractivity contribution in [2.24, 2.45) is 5.92 Å². The number of carbonyl (C=O) groups is 12. The monoisotopic (exact) mass is 1370 g/mol. The number of hydrogen-bond donors (Lipinski definition) is 4. The van der Waals surface area contributed by atoms with Crippen molar-refractivity contribution in [3.8, 4) is 0 Å². The largest absolute Gasteiger partial charge is 0.693 e. The Hall–Kier alpha value is -4.14. The molecule has 0 saturated carbocycles. The number of carboxylic acids is 4. The van der Waals surface area contributed by atoms with E-state index < -0.39 is 105 Å². The Bertz CT molecular complexity index is 1400. The smallest absolute Gasteiger partial charge is 0.693 e. The molecule has 0 aromatic heterocycles. The molecule has 0 bridgehead atoms. The fraction of sp³-hybridized carbons (Fsp3) is 0.484. The van der Waals surface area contributed by atoms with E-state index in [1.165, 1.54) is 0 Å². The Morgan fingerprint density at radius 3 is 1.05 bits per heavy atom. The molecule has 0 aromatic carbocycles. The molecule has 0 spiro atoms. The van der Waals surface area contributed by atoms with Crippen LogP contribution in [0, 0.1) is 5.92 Å². The van der Waals surface area contributed by atoms with Crippen LogP contribution in [-0.4, -0.2) is 140 Å². The van der Waals surface area contributed by atoms with Crippen molar-refractivity contribution in [2.45, 2.75) is 60.3 Å². The summed E-state index contributed by atoms with van der Waals surface area (Å²) in [6, 6.07) is 0. The molecule has 0 aliphatic carbocycles. The summed E-state index contributed by atoms with van der Waals surface area (Å²) >= 11 is -0.944. The maximum absolute atomic E-state index is 11.4. The summed E-state index contributed by atoms with van der Waals surface area (Å²) in [5.41, 5.74) is 0. The third-order valence-corrected chi connectivity index (χ3v) is 4.76. The van der Waals surface area contributed by atoms with E-state index in [2.05, 4.69) is 14.2 Å². The second-order valence-corrected chi connectivity index (χ2v) is 16.8. The molecule has 0 fully saturated rings. The molecule has 14 N–H and O–H groups in total. The molecular weight excluding hydrogens is 1320 g/mol. The normalized spacial score (nSPS) is 10.7. The number of esters is 3. The molecule has 0 aromatic rings. The van der Waals surface area contributed by atoms with Gasteiger partial charge in [-0.15, -0.1) is 0 Å². The van der Waals surface area contributed by atoms with E-state index in [1.807, 2.05) is 13.8 Å². The predicted molar refractivity (Wildman–Crippen MR) is 220 cm³/mol. The molecule has 4 amide bonds. The fourth-order valence-corrected chi connectivity index (χ4v) is 2.77. The number of carbonyl (C=O) groups excluding carboxylic acids is 8. The number of rotatable bonds is 14. The van der Waals surface area contributed by atoms with Crippen LogP contribution in [-0.2, 0) is 105 Å². The van der Waals surface area contributed by atoms with Crippen LogP contribution >= 0.6 is 37.7 Å². The van der Waals surface area contributed by atoms with Gasteiger partial charge in [0.1, 0.15) is 13.2 Å². The topological polar surface area (TPSA) is 495 Å². The summed E-state index contributed by atoms with van der Waals surface area (Å²) in [5.74, 6) is -7.61. The number of hydrogen-bond acceptors (Lipinski definition) is 16. The maximum Gasteiger partial charge on any atom is -0.693 e.